The van der Waals surface area contributed by atoms with Crippen LogP contribution in [0.5, 0.6) is 0 Å². The van der Waals surface area contributed by atoms with Crippen LogP contribution in [0.15, 0.2) is 42.9 Å². The van der Waals surface area contributed by atoms with E-state index in [2.05, 4.69) is 48.9 Å². The Bertz CT molecular complexity index is 1280. The minimum Gasteiger partial charge on any atom is -0.351 e. The van der Waals surface area contributed by atoms with Gasteiger partial charge < -0.3 is 13.3 Å². The third kappa shape index (κ3) is 5.02. The molecule has 2 atom stereocenters. The Morgan fingerprint density at radius 1 is 1.03 bits per heavy atom. The molecule has 0 radical (unpaired) electrons. The largest absolute Gasteiger partial charge is 0.351 e. The smallest absolute Gasteiger partial charge is 0.225 e. The quantitative estimate of drug-likeness (QED) is 0.312. The normalized spacial score (nSPS) is 20.7. The molecule has 0 bridgehead atoms. The molecule has 4 aromatic rings. The molecule has 10 nitrogen and oxygen atoms in total. The molecule has 0 spiro atoms. The van der Waals surface area contributed by atoms with Crippen LogP contribution in [0.25, 0.3) is 28.0 Å². The second kappa shape index (κ2) is 10.2. The molecule has 0 amide bonds. The van der Waals surface area contributed by atoms with Crippen molar-refractivity contribution in [3.05, 3.63) is 42.9 Å². The molecule has 1 aliphatic carbocycles. The van der Waals surface area contributed by atoms with Gasteiger partial charge in [0.05, 0.1) is 30.7 Å². The third-order valence-corrected chi connectivity index (χ3v) is 7.68. The van der Waals surface area contributed by atoms with Gasteiger partial charge in [-0.25, -0.2) is 4.98 Å². The number of fused-ring (bicyclic) bond motifs is 1. The van der Waals surface area contributed by atoms with Gasteiger partial charge in [0.15, 0.2) is 11.2 Å². The van der Waals surface area contributed by atoms with E-state index in [1.54, 1.807) is 10.9 Å². The molecule has 1 N–H and O–H groups in total. The molecule has 2 fully saturated rings. The average Bonchev–Trinajstić information content (AvgIpc) is 3.70. The summed E-state index contributed by atoms with van der Waals surface area (Å²) >= 11 is 1.98. The van der Waals surface area contributed by atoms with Crippen molar-refractivity contribution in [1.82, 2.24) is 39.6 Å². The maximum Gasteiger partial charge on any atom is 0.225 e. The number of hydrogen-bond donors (Lipinski definition) is 1. The lowest BCUT2D eigenvalue weighted by Gasteiger charge is -2.13. The van der Waals surface area contributed by atoms with Gasteiger partial charge in [-0.2, -0.15) is 14.8 Å². The van der Waals surface area contributed by atoms with Gasteiger partial charge in [0.1, 0.15) is 23.0 Å². The zero-order chi connectivity index (χ0) is 23.6. The van der Waals surface area contributed by atoms with E-state index in [9.17, 15) is 0 Å². The second-order valence-corrected chi connectivity index (χ2v) is 9.87. The lowest BCUT2D eigenvalue weighted by Crippen LogP contribution is -2.24. The van der Waals surface area contributed by atoms with Gasteiger partial charge in [-0.15, -0.1) is 5.10 Å². The molecule has 11 heteroatoms. The summed E-state index contributed by atoms with van der Waals surface area (Å²) in [6, 6.07) is 8.58. The number of nitrogens with zero attached hydrogens (tertiary/aromatic N) is 8. The molecule has 0 unspecified atom stereocenters. The van der Waals surface area contributed by atoms with E-state index < -0.39 is 0 Å². The first-order chi connectivity index (χ1) is 17.2. The summed E-state index contributed by atoms with van der Waals surface area (Å²) in [5, 5.41) is 16.6. The molecule has 182 valence electrons. The van der Waals surface area contributed by atoms with Crippen molar-refractivity contribution < 1.29 is 3.07 Å². The number of aromatic nitrogens is 7. The number of rotatable bonds is 8. The highest BCUT2D eigenvalue weighted by Crippen LogP contribution is 2.26. The van der Waals surface area contributed by atoms with E-state index in [4.69, 9.17) is 8.05 Å². The fourth-order valence-corrected chi connectivity index (χ4v) is 5.45. The third-order valence-electron chi connectivity index (χ3n) is 6.96. The first kappa shape index (κ1) is 22.8. The molecule has 4 heterocycles. The fraction of sp³-hybridized carbons (Fsp3) is 0.458. The molecular formula is C24H28IN9O. The molecule has 1 aromatic carbocycles. The maximum atomic E-state index is 5.45. The Labute approximate surface area is 217 Å². The molecule has 1 aliphatic heterocycles. The predicted octanol–water partition coefficient (Wildman–Crippen LogP) is 3.87. The molecular weight excluding hydrogens is 557 g/mol. The molecule has 35 heavy (non-hydrogen) atoms. The van der Waals surface area contributed by atoms with E-state index in [1.807, 2.05) is 46.0 Å². The van der Waals surface area contributed by atoms with Crippen molar-refractivity contribution in [2.75, 3.05) is 25.0 Å². The fourth-order valence-electron chi connectivity index (χ4n) is 4.99. The van der Waals surface area contributed by atoms with Crippen LogP contribution in [0.2, 0.25) is 0 Å². The van der Waals surface area contributed by atoms with Crippen molar-refractivity contribution in [3.8, 4) is 16.8 Å². The summed E-state index contributed by atoms with van der Waals surface area (Å²) < 4.78 is 9.25. The number of hydrogen-bond acceptors (Lipinski definition) is 8. The van der Waals surface area contributed by atoms with Gasteiger partial charge in [-0.3, -0.25) is 4.68 Å². The molecule has 3 aromatic heterocycles. The lowest BCUT2D eigenvalue weighted by atomic mass is 10.1. The van der Waals surface area contributed by atoms with Gasteiger partial charge in [0.25, 0.3) is 0 Å². The Morgan fingerprint density at radius 3 is 2.69 bits per heavy atom. The van der Waals surface area contributed by atoms with Crippen molar-refractivity contribution in [1.29, 1.82) is 0 Å². The van der Waals surface area contributed by atoms with Crippen LogP contribution in [0.3, 0.4) is 0 Å². The molecule has 2 aliphatic rings. The summed E-state index contributed by atoms with van der Waals surface area (Å²) in [4.78, 5) is 11.7. The Morgan fingerprint density at radius 2 is 1.89 bits per heavy atom. The van der Waals surface area contributed by atoms with Crippen LogP contribution in [0.4, 0.5) is 5.95 Å². The Hall–Kier alpha value is -2.64. The Kier molecular flexibility index (Phi) is 6.61. The lowest BCUT2D eigenvalue weighted by molar-refractivity contribution is 0.290. The van der Waals surface area contributed by atoms with E-state index in [-0.39, 0.29) is 0 Å². The van der Waals surface area contributed by atoms with Crippen LogP contribution in [0.1, 0.15) is 32.1 Å². The minimum absolute atomic E-state index is 0.291. The van der Waals surface area contributed by atoms with Crippen LogP contribution >= 0.6 is 23.0 Å². The van der Waals surface area contributed by atoms with Gasteiger partial charge in [0.2, 0.25) is 5.95 Å². The SMILES string of the molecule is IO[C@@H]1CC[C@@H](Nc2ncc3nnn(-c4ccc(-c5cnn(CCN6CCCC6)c5)cc4)c3n2)C1. The first-order valence-corrected chi connectivity index (χ1v) is 13.1. The van der Waals surface area contributed by atoms with E-state index in [1.165, 1.54) is 25.9 Å². The monoisotopic (exact) mass is 585 g/mol. The summed E-state index contributed by atoms with van der Waals surface area (Å²) in [5.74, 6) is 0.595. The molecule has 1 saturated carbocycles. The number of halogens is 1. The first-order valence-electron chi connectivity index (χ1n) is 12.2. The van der Waals surface area contributed by atoms with Crippen LogP contribution in [-0.4, -0.2) is 71.4 Å². The number of likely N-dealkylation sites (tertiary alicyclic amines) is 1. The van der Waals surface area contributed by atoms with Crippen LogP contribution < -0.4 is 5.32 Å². The molecule has 1 saturated heterocycles. The zero-order valence-corrected chi connectivity index (χ0v) is 21.6. The van der Waals surface area contributed by atoms with Crippen molar-refractivity contribution in [3.63, 3.8) is 0 Å². The zero-order valence-electron chi connectivity index (χ0n) is 19.4. The van der Waals surface area contributed by atoms with Gasteiger partial charge in [-0.05, 0) is 62.9 Å². The maximum absolute atomic E-state index is 5.45. The van der Waals surface area contributed by atoms with E-state index in [0.29, 0.717) is 29.3 Å². The summed E-state index contributed by atoms with van der Waals surface area (Å²) in [7, 11) is 0. The molecule has 6 rings (SSSR count). The van der Waals surface area contributed by atoms with Crippen molar-refractivity contribution in [2.24, 2.45) is 0 Å². The number of benzene rings is 1. The van der Waals surface area contributed by atoms with Gasteiger partial charge in [-0.1, -0.05) is 17.3 Å². The average molecular weight is 585 g/mol. The number of anilines is 1. The highest BCUT2D eigenvalue weighted by Gasteiger charge is 2.25. The summed E-state index contributed by atoms with van der Waals surface area (Å²) in [6.45, 7) is 4.41. The van der Waals surface area contributed by atoms with E-state index >= 15 is 0 Å². The van der Waals surface area contributed by atoms with E-state index in [0.717, 1.165) is 49.2 Å². The van der Waals surface area contributed by atoms with Crippen LogP contribution in [0, 0.1) is 0 Å². The highest BCUT2D eigenvalue weighted by atomic mass is 127. The van der Waals surface area contributed by atoms with Gasteiger partial charge in [0, 0.05) is 24.3 Å². The minimum atomic E-state index is 0.291. The van der Waals surface area contributed by atoms with Gasteiger partial charge >= 0.3 is 0 Å². The summed E-state index contributed by atoms with van der Waals surface area (Å²) in [6.07, 6.45) is 11.8. The standard InChI is InChI=1S/C24H28IN9O/c25-35-21-8-5-19(13-21)28-24-26-15-22-23(29-24)34(31-30-22)20-6-3-17(4-7-20)18-14-27-33(16-18)12-11-32-9-1-2-10-32/h3-4,6-7,14-16,19,21H,1-2,5,8-13H2,(H,26,28,29)/t19-,21-/m1/s1. The number of nitrogens with one attached hydrogen (secondary N) is 1. The van der Waals surface area contributed by atoms with Crippen molar-refractivity contribution in [2.45, 2.75) is 50.8 Å². The highest BCUT2D eigenvalue weighted by molar-refractivity contribution is 14.1. The van der Waals surface area contributed by atoms with Crippen molar-refractivity contribution >= 4 is 40.1 Å². The summed E-state index contributed by atoms with van der Waals surface area (Å²) in [5.41, 5.74) is 4.49. The van der Waals surface area contributed by atoms with Crippen LogP contribution in [-0.2, 0) is 9.61 Å². The second-order valence-electron chi connectivity index (χ2n) is 9.36. The topological polar surface area (TPSA) is 98.8 Å². The Balaban J connectivity index is 1.16. The predicted molar refractivity (Wildman–Crippen MR) is 142 cm³/mol.